The molecule has 18 heavy (non-hydrogen) atoms. The van der Waals surface area contributed by atoms with E-state index < -0.39 is 10.8 Å². The van der Waals surface area contributed by atoms with Gasteiger partial charge in [-0.2, -0.15) is 0 Å². The summed E-state index contributed by atoms with van der Waals surface area (Å²) in [4.78, 5) is 0. The molecule has 0 aliphatic carbocycles. The maximum Gasteiger partial charge on any atom is 0.123 e. The molecule has 1 fully saturated rings. The molecular formula is C13H18FNO2S. The van der Waals surface area contributed by atoms with E-state index in [1.807, 2.05) is 6.07 Å². The maximum absolute atomic E-state index is 13.3. The van der Waals surface area contributed by atoms with Crippen LogP contribution in [0.2, 0.25) is 0 Å². The first-order chi connectivity index (χ1) is 8.69. The molecule has 0 spiro atoms. The van der Waals surface area contributed by atoms with Gasteiger partial charge in [-0.3, -0.25) is 4.21 Å². The molecule has 0 bridgehead atoms. The highest BCUT2D eigenvalue weighted by atomic mass is 32.2. The third-order valence-corrected chi connectivity index (χ3v) is 4.93. The van der Waals surface area contributed by atoms with Crippen molar-refractivity contribution in [1.29, 1.82) is 0 Å². The average molecular weight is 271 g/mol. The van der Waals surface area contributed by atoms with Crippen LogP contribution in [0.5, 0.6) is 0 Å². The van der Waals surface area contributed by atoms with Crippen LogP contribution in [0.4, 0.5) is 4.39 Å². The zero-order valence-corrected chi connectivity index (χ0v) is 11.0. The van der Waals surface area contributed by atoms with Crippen LogP contribution in [0.25, 0.3) is 0 Å². The Morgan fingerprint density at radius 3 is 2.61 bits per heavy atom. The lowest BCUT2D eigenvalue weighted by molar-refractivity contribution is 0.0992. The second-order valence-electron chi connectivity index (χ2n) is 4.51. The standard InChI is InChI=1S/C13H18FNO2S/c14-12-6-10(8-15)5-11(7-12)9-18(16)13-1-3-17-4-2-13/h5-7,13H,1-4,8-9,15H2. The Balaban J connectivity index is 2.03. The van der Waals surface area contributed by atoms with Gasteiger partial charge >= 0.3 is 0 Å². The minimum Gasteiger partial charge on any atom is -0.381 e. The molecule has 1 atom stereocenters. The summed E-state index contributed by atoms with van der Waals surface area (Å²) in [7, 11) is -0.963. The highest BCUT2D eigenvalue weighted by molar-refractivity contribution is 7.84. The fourth-order valence-corrected chi connectivity index (χ4v) is 3.59. The lowest BCUT2D eigenvalue weighted by Crippen LogP contribution is -2.25. The van der Waals surface area contributed by atoms with E-state index in [-0.39, 0.29) is 11.1 Å². The van der Waals surface area contributed by atoms with Crippen molar-refractivity contribution in [2.75, 3.05) is 13.2 Å². The van der Waals surface area contributed by atoms with Gasteiger partial charge in [-0.05, 0) is 36.1 Å². The Morgan fingerprint density at radius 1 is 1.28 bits per heavy atom. The van der Waals surface area contributed by atoms with Crippen molar-refractivity contribution in [1.82, 2.24) is 0 Å². The molecule has 2 rings (SSSR count). The van der Waals surface area contributed by atoms with Gasteiger partial charge in [0.2, 0.25) is 0 Å². The fraction of sp³-hybridized carbons (Fsp3) is 0.538. The van der Waals surface area contributed by atoms with Gasteiger partial charge in [-0.25, -0.2) is 4.39 Å². The monoisotopic (exact) mass is 271 g/mol. The highest BCUT2D eigenvalue weighted by Crippen LogP contribution is 2.18. The molecule has 0 amide bonds. The smallest absolute Gasteiger partial charge is 0.123 e. The second kappa shape index (κ2) is 6.41. The fourth-order valence-electron chi connectivity index (χ4n) is 2.14. The number of rotatable bonds is 4. The van der Waals surface area contributed by atoms with E-state index in [9.17, 15) is 8.60 Å². The lowest BCUT2D eigenvalue weighted by Gasteiger charge is -2.21. The van der Waals surface area contributed by atoms with Gasteiger partial charge in [0.1, 0.15) is 5.82 Å². The maximum atomic E-state index is 13.3. The molecule has 100 valence electrons. The first kappa shape index (κ1) is 13.6. The van der Waals surface area contributed by atoms with Crippen LogP contribution in [-0.2, 0) is 27.8 Å². The summed E-state index contributed by atoms with van der Waals surface area (Å²) in [5.74, 6) is 0.0898. The number of nitrogens with two attached hydrogens (primary N) is 1. The normalized spacial score (nSPS) is 18.8. The van der Waals surface area contributed by atoms with Crippen LogP contribution in [0.1, 0.15) is 24.0 Å². The predicted octanol–water partition coefficient (Wildman–Crippen LogP) is 1.71. The molecular weight excluding hydrogens is 253 g/mol. The molecule has 0 radical (unpaired) electrons. The van der Waals surface area contributed by atoms with Gasteiger partial charge in [-0.15, -0.1) is 0 Å². The molecule has 1 aromatic rings. The van der Waals surface area contributed by atoms with Crippen LogP contribution >= 0.6 is 0 Å². The summed E-state index contributed by atoms with van der Waals surface area (Å²) in [6, 6.07) is 4.69. The van der Waals surface area contributed by atoms with E-state index >= 15 is 0 Å². The highest BCUT2D eigenvalue weighted by Gasteiger charge is 2.20. The van der Waals surface area contributed by atoms with E-state index in [1.165, 1.54) is 12.1 Å². The number of ether oxygens (including phenoxy) is 1. The summed E-state index contributed by atoms with van der Waals surface area (Å²) >= 11 is 0. The average Bonchev–Trinajstić information content (AvgIpc) is 2.39. The van der Waals surface area contributed by atoms with Gasteiger partial charge < -0.3 is 10.5 Å². The molecule has 1 aromatic carbocycles. The lowest BCUT2D eigenvalue weighted by atomic mass is 10.1. The van der Waals surface area contributed by atoms with Crippen molar-refractivity contribution in [2.45, 2.75) is 30.4 Å². The third-order valence-electron chi connectivity index (χ3n) is 3.10. The van der Waals surface area contributed by atoms with E-state index in [1.54, 1.807) is 0 Å². The van der Waals surface area contributed by atoms with Gasteiger partial charge in [0.05, 0.1) is 0 Å². The zero-order chi connectivity index (χ0) is 13.0. The van der Waals surface area contributed by atoms with Gasteiger partial charge in [0.15, 0.2) is 0 Å². The van der Waals surface area contributed by atoms with Crippen molar-refractivity contribution < 1.29 is 13.3 Å². The first-order valence-corrected chi connectivity index (χ1v) is 7.50. The predicted molar refractivity (Wildman–Crippen MR) is 70.0 cm³/mol. The molecule has 1 aliphatic rings. The molecule has 1 aliphatic heterocycles. The summed E-state index contributed by atoms with van der Waals surface area (Å²) in [6.07, 6.45) is 1.65. The minimum absolute atomic E-state index is 0.170. The van der Waals surface area contributed by atoms with Crippen molar-refractivity contribution in [3.8, 4) is 0 Å². The van der Waals surface area contributed by atoms with Crippen molar-refractivity contribution in [2.24, 2.45) is 5.73 Å². The van der Waals surface area contributed by atoms with Crippen molar-refractivity contribution in [3.05, 3.63) is 35.1 Å². The summed E-state index contributed by atoms with van der Waals surface area (Å²) in [5.41, 5.74) is 7.01. The van der Waals surface area contributed by atoms with Gasteiger partial charge in [-0.1, -0.05) is 6.07 Å². The topological polar surface area (TPSA) is 52.3 Å². The Bertz CT molecular complexity index is 433. The molecule has 1 heterocycles. The zero-order valence-electron chi connectivity index (χ0n) is 10.2. The summed E-state index contributed by atoms with van der Waals surface area (Å²) < 4.78 is 30.8. The third kappa shape index (κ3) is 3.60. The quantitative estimate of drug-likeness (QED) is 0.907. The molecule has 1 unspecified atom stereocenters. The Labute approximate surface area is 109 Å². The molecule has 0 saturated carbocycles. The van der Waals surface area contributed by atoms with E-state index in [2.05, 4.69) is 0 Å². The van der Waals surface area contributed by atoms with Crippen LogP contribution in [0.3, 0.4) is 0 Å². The Hall–Kier alpha value is -0.780. The van der Waals surface area contributed by atoms with E-state index in [0.717, 1.165) is 24.0 Å². The minimum atomic E-state index is -0.963. The van der Waals surface area contributed by atoms with Gasteiger partial charge in [0, 0.05) is 41.6 Å². The summed E-state index contributed by atoms with van der Waals surface area (Å²) in [6.45, 7) is 1.65. The summed E-state index contributed by atoms with van der Waals surface area (Å²) in [5, 5.41) is 0.170. The number of benzene rings is 1. The van der Waals surface area contributed by atoms with Crippen LogP contribution < -0.4 is 5.73 Å². The number of halogens is 1. The molecule has 0 aromatic heterocycles. The van der Waals surface area contributed by atoms with Crippen LogP contribution in [-0.4, -0.2) is 22.7 Å². The SMILES string of the molecule is NCc1cc(F)cc(CS(=O)C2CCOCC2)c1. The largest absolute Gasteiger partial charge is 0.381 e. The van der Waals surface area contributed by atoms with E-state index in [0.29, 0.717) is 25.5 Å². The first-order valence-electron chi connectivity index (χ1n) is 6.12. The Kier molecular flexibility index (Phi) is 4.86. The molecule has 1 saturated heterocycles. The van der Waals surface area contributed by atoms with Crippen LogP contribution in [0, 0.1) is 5.82 Å². The Morgan fingerprint density at radius 2 is 1.94 bits per heavy atom. The van der Waals surface area contributed by atoms with Gasteiger partial charge in [0.25, 0.3) is 0 Å². The second-order valence-corrected chi connectivity index (χ2v) is 6.23. The van der Waals surface area contributed by atoms with Crippen molar-refractivity contribution >= 4 is 10.8 Å². The molecule has 5 heteroatoms. The van der Waals surface area contributed by atoms with E-state index in [4.69, 9.17) is 10.5 Å². The number of hydrogen-bond acceptors (Lipinski definition) is 3. The number of hydrogen-bond donors (Lipinski definition) is 1. The molecule has 2 N–H and O–H groups in total. The van der Waals surface area contributed by atoms with Crippen LogP contribution in [0.15, 0.2) is 18.2 Å². The van der Waals surface area contributed by atoms with Crippen molar-refractivity contribution in [3.63, 3.8) is 0 Å². The molecule has 3 nitrogen and oxygen atoms in total.